The molecule has 29 heavy (non-hydrogen) atoms. The van der Waals surface area contributed by atoms with Crippen LogP contribution >= 0.6 is 0 Å². The van der Waals surface area contributed by atoms with Crippen molar-refractivity contribution >= 4 is 10.9 Å². The van der Waals surface area contributed by atoms with Gasteiger partial charge in [0, 0.05) is 29.3 Å². The van der Waals surface area contributed by atoms with Gasteiger partial charge >= 0.3 is 5.69 Å². The second-order valence-electron chi connectivity index (χ2n) is 7.45. The summed E-state index contributed by atoms with van der Waals surface area (Å²) in [6.45, 7) is 3.27. The Morgan fingerprint density at radius 1 is 1.24 bits per heavy atom. The molecule has 1 aromatic carbocycles. The van der Waals surface area contributed by atoms with Gasteiger partial charge in [-0.15, -0.1) is 0 Å². The number of fused-ring (bicyclic) bond motifs is 1. The zero-order valence-electron chi connectivity index (χ0n) is 16.3. The fourth-order valence-electron chi connectivity index (χ4n) is 3.85. The molecule has 4 rings (SSSR count). The summed E-state index contributed by atoms with van der Waals surface area (Å²) in [4.78, 5) is 30.4. The highest BCUT2D eigenvalue weighted by molar-refractivity contribution is 5.82. The fraction of sp³-hybridized carbons (Fsp3) is 0.381. The summed E-state index contributed by atoms with van der Waals surface area (Å²) in [5, 5.41) is 20.2. The van der Waals surface area contributed by atoms with Gasteiger partial charge in [0.05, 0.1) is 24.8 Å². The van der Waals surface area contributed by atoms with E-state index >= 15 is 0 Å². The number of aliphatic hydroxyl groups is 2. The van der Waals surface area contributed by atoms with Crippen molar-refractivity contribution in [3.63, 3.8) is 0 Å². The summed E-state index contributed by atoms with van der Waals surface area (Å²) in [5.74, 6) is 0. The van der Waals surface area contributed by atoms with Crippen molar-refractivity contribution in [1.29, 1.82) is 0 Å². The predicted octanol–water partition coefficient (Wildman–Crippen LogP) is 0.864. The van der Waals surface area contributed by atoms with Gasteiger partial charge in [-0.2, -0.15) is 0 Å². The van der Waals surface area contributed by atoms with Gasteiger partial charge in [0.25, 0.3) is 5.56 Å². The highest BCUT2D eigenvalue weighted by Crippen LogP contribution is 2.27. The van der Waals surface area contributed by atoms with Crippen LogP contribution in [-0.2, 0) is 11.3 Å². The first-order valence-corrected chi connectivity index (χ1v) is 9.51. The molecule has 1 aliphatic heterocycles. The van der Waals surface area contributed by atoms with E-state index in [1.165, 1.54) is 15.3 Å². The molecule has 0 aliphatic carbocycles. The van der Waals surface area contributed by atoms with Crippen molar-refractivity contribution in [2.24, 2.45) is 0 Å². The molecule has 3 heterocycles. The first kappa shape index (κ1) is 19.5. The highest BCUT2D eigenvalue weighted by atomic mass is 16.5. The first-order valence-electron chi connectivity index (χ1n) is 9.51. The first-order chi connectivity index (χ1) is 13.9. The number of pyridine rings is 1. The van der Waals surface area contributed by atoms with E-state index in [0.29, 0.717) is 5.56 Å². The molecule has 0 unspecified atom stereocenters. The van der Waals surface area contributed by atoms with Crippen LogP contribution in [0.5, 0.6) is 0 Å². The molecular weight excluding hydrogens is 374 g/mol. The summed E-state index contributed by atoms with van der Waals surface area (Å²) in [5.41, 5.74) is 1.93. The summed E-state index contributed by atoms with van der Waals surface area (Å²) < 4.78 is 8.12. The molecule has 3 atom stereocenters. The quantitative estimate of drug-likeness (QED) is 0.676. The lowest BCUT2D eigenvalue weighted by Gasteiger charge is -2.18. The maximum Gasteiger partial charge on any atom is 0.333 e. The van der Waals surface area contributed by atoms with Crippen LogP contribution in [0.1, 0.15) is 29.5 Å². The van der Waals surface area contributed by atoms with Gasteiger partial charge in [0.15, 0.2) is 0 Å². The van der Waals surface area contributed by atoms with Crippen molar-refractivity contribution in [2.75, 3.05) is 6.61 Å². The average Bonchev–Trinajstić information content (AvgIpc) is 3.08. The van der Waals surface area contributed by atoms with Crippen LogP contribution in [-0.4, -0.2) is 43.1 Å². The number of aromatic nitrogens is 3. The number of rotatable bonds is 4. The standard InChI is InChI=1S/C21H23N3O5/c1-12-9-23(19-8-17(26)18(11-25)29-19)21(28)24(20(12)27)10-14-7-13(2)22-16-6-4-3-5-15(14)16/h3-7,9,17-19,25-26H,8,10-11H2,1-2H3/t17-,18+,19+/m0/s1. The zero-order chi connectivity index (χ0) is 20.7. The van der Waals surface area contributed by atoms with Gasteiger partial charge in [-0.05, 0) is 31.5 Å². The van der Waals surface area contributed by atoms with Crippen molar-refractivity contribution in [1.82, 2.24) is 14.1 Å². The Labute approximate surface area is 166 Å². The Morgan fingerprint density at radius 3 is 2.72 bits per heavy atom. The Kier molecular flexibility index (Phi) is 5.08. The molecular formula is C21H23N3O5. The Bertz CT molecular complexity index is 1180. The van der Waals surface area contributed by atoms with Crippen LogP contribution < -0.4 is 11.2 Å². The molecule has 2 aromatic heterocycles. The monoisotopic (exact) mass is 397 g/mol. The van der Waals surface area contributed by atoms with Crippen molar-refractivity contribution < 1.29 is 14.9 Å². The molecule has 2 N–H and O–H groups in total. The van der Waals surface area contributed by atoms with Crippen LogP contribution in [0.25, 0.3) is 10.9 Å². The zero-order valence-corrected chi connectivity index (χ0v) is 16.3. The minimum Gasteiger partial charge on any atom is -0.394 e. The summed E-state index contributed by atoms with van der Waals surface area (Å²) in [7, 11) is 0. The number of aliphatic hydroxyl groups excluding tert-OH is 2. The van der Waals surface area contributed by atoms with Gasteiger partial charge in [-0.3, -0.25) is 18.9 Å². The SMILES string of the molecule is Cc1cc(Cn2c(=O)c(C)cn([C@H]3C[C@H](O)[C@@H](CO)O3)c2=O)c2ccccc2n1. The minimum absolute atomic E-state index is 0.0991. The minimum atomic E-state index is -0.871. The average molecular weight is 397 g/mol. The lowest BCUT2D eigenvalue weighted by Crippen LogP contribution is -2.42. The van der Waals surface area contributed by atoms with E-state index in [1.54, 1.807) is 6.92 Å². The normalized spacial score (nSPS) is 21.7. The number of benzene rings is 1. The van der Waals surface area contributed by atoms with Crippen molar-refractivity contribution in [3.8, 4) is 0 Å². The Morgan fingerprint density at radius 2 is 2.00 bits per heavy atom. The third kappa shape index (κ3) is 3.50. The van der Waals surface area contributed by atoms with Crippen molar-refractivity contribution in [3.05, 3.63) is 74.2 Å². The maximum atomic E-state index is 13.1. The van der Waals surface area contributed by atoms with Gasteiger partial charge < -0.3 is 14.9 Å². The number of para-hydroxylation sites is 1. The van der Waals surface area contributed by atoms with Crippen LogP contribution in [0, 0.1) is 13.8 Å². The lowest BCUT2D eigenvalue weighted by molar-refractivity contribution is -0.0463. The third-order valence-corrected chi connectivity index (χ3v) is 5.32. The van der Waals surface area contributed by atoms with Gasteiger partial charge in [0.1, 0.15) is 12.3 Å². The van der Waals surface area contributed by atoms with Gasteiger partial charge in [0.2, 0.25) is 0 Å². The summed E-state index contributed by atoms with van der Waals surface area (Å²) >= 11 is 0. The molecule has 1 saturated heterocycles. The van der Waals surface area contributed by atoms with E-state index in [9.17, 15) is 19.8 Å². The summed E-state index contributed by atoms with van der Waals surface area (Å²) in [6, 6.07) is 9.47. The van der Waals surface area contributed by atoms with E-state index in [2.05, 4.69) is 4.98 Å². The van der Waals surface area contributed by atoms with E-state index in [0.717, 1.165) is 22.2 Å². The van der Waals surface area contributed by atoms with E-state index in [1.807, 2.05) is 37.3 Å². The summed E-state index contributed by atoms with van der Waals surface area (Å²) in [6.07, 6.45) is -0.742. The van der Waals surface area contributed by atoms with Crippen LogP contribution in [0.15, 0.2) is 46.1 Å². The largest absolute Gasteiger partial charge is 0.394 e. The second kappa shape index (κ2) is 7.55. The van der Waals surface area contributed by atoms with Crippen LogP contribution in [0.2, 0.25) is 0 Å². The molecule has 8 heteroatoms. The Hall–Kier alpha value is -2.81. The lowest BCUT2D eigenvalue weighted by atomic mass is 10.1. The van der Waals surface area contributed by atoms with E-state index in [-0.39, 0.29) is 25.1 Å². The molecule has 0 saturated carbocycles. The van der Waals surface area contributed by atoms with Gasteiger partial charge in [-0.1, -0.05) is 18.2 Å². The number of hydrogen-bond donors (Lipinski definition) is 2. The van der Waals surface area contributed by atoms with Crippen LogP contribution in [0.4, 0.5) is 0 Å². The van der Waals surface area contributed by atoms with E-state index in [4.69, 9.17) is 4.74 Å². The molecule has 0 spiro atoms. The molecule has 0 bridgehead atoms. The predicted molar refractivity (Wildman–Crippen MR) is 107 cm³/mol. The number of hydrogen-bond acceptors (Lipinski definition) is 6. The molecule has 0 radical (unpaired) electrons. The second-order valence-corrected chi connectivity index (χ2v) is 7.45. The number of aryl methyl sites for hydroxylation is 2. The molecule has 152 valence electrons. The molecule has 0 amide bonds. The number of nitrogens with zero attached hydrogens (tertiary/aromatic N) is 3. The maximum absolute atomic E-state index is 13.1. The topological polar surface area (TPSA) is 107 Å². The molecule has 3 aromatic rings. The van der Waals surface area contributed by atoms with Gasteiger partial charge in [-0.25, -0.2) is 4.79 Å². The Balaban J connectivity index is 1.81. The third-order valence-electron chi connectivity index (χ3n) is 5.32. The van der Waals surface area contributed by atoms with Crippen LogP contribution in [0.3, 0.4) is 0 Å². The molecule has 8 nitrogen and oxygen atoms in total. The molecule has 1 aliphatic rings. The highest BCUT2D eigenvalue weighted by Gasteiger charge is 2.35. The fourth-order valence-corrected chi connectivity index (χ4v) is 3.85. The van der Waals surface area contributed by atoms with Crippen molar-refractivity contribution in [2.45, 2.75) is 45.2 Å². The van der Waals surface area contributed by atoms with E-state index < -0.39 is 24.1 Å². The molecule has 1 fully saturated rings. The number of ether oxygens (including phenoxy) is 1. The smallest absolute Gasteiger partial charge is 0.333 e.